The summed E-state index contributed by atoms with van der Waals surface area (Å²) in [5, 5.41) is 0. The molecule has 8 nitrogen and oxygen atoms in total. The minimum atomic E-state index is -4.67. The Bertz CT molecular complexity index is 211. The van der Waals surface area contributed by atoms with Crippen LogP contribution in [0.15, 0.2) is 0 Å². The molecule has 0 fully saturated rings. The Morgan fingerprint density at radius 1 is 0.583 bits per heavy atom. The zero-order chi connectivity index (χ0) is 9.00. The van der Waals surface area contributed by atoms with Gasteiger partial charge in [0.15, 0.2) is 0 Å². The van der Waals surface area contributed by atoms with Gasteiger partial charge in [0.25, 0.3) is 0 Å². The molecule has 0 heterocycles. The molecule has 0 spiro atoms. The Labute approximate surface area is 89.8 Å². The molecular formula is H4Fe2O8S2. The molecule has 80 valence electrons. The van der Waals surface area contributed by atoms with Gasteiger partial charge in [-0.3, -0.25) is 18.2 Å². The third-order valence-electron chi connectivity index (χ3n) is 0. The fraction of sp³-hybridized carbons (Fsp3) is 0. The first kappa shape index (κ1) is 23.0. The average molecular weight is 308 g/mol. The summed E-state index contributed by atoms with van der Waals surface area (Å²) in [6.07, 6.45) is 0. The molecule has 12 heavy (non-hydrogen) atoms. The Balaban J connectivity index is -0.0000000457. The summed E-state index contributed by atoms with van der Waals surface area (Å²) in [4.78, 5) is 0. The van der Waals surface area contributed by atoms with Crippen molar-refractivity contribution < 1.29 is 69.2 Å². The number of hydrogen-bond acceptors (Lipinski definition) is 4. The molecule has 0 aliphatic carbocycles. The number of rotatable bonds is 0. The van der Waals surface area contributed by atoms with Crippen molar-refractivity contribution in [1.82, 2.24) is 0 Å². The van der Waals surface area contributed by atoms with Crippen LogP contribution in [0, 0.1) is 0 Å². The van der Waals surface area contributed by atoms with E-state index in [1.807, 2.05) is 0 Å². The molecule has 0 radical (unpaired) electrons. The van der Waals surface area contributed by atoms with Gasteiger partial charge in [0, 0.05) is 34.1 Å². The summed E-state index contributed by atoms with van der Waals surface area (Å²) in [6.45, 7) is 0. The van der Waals surface area contributed by atoms with E-state index in [1.54, 1.807) is 0 Å². The van der Waals surface area contributed by atoms with Gasteiger partial charge in [-0.2, -0.15) is 16.8 Å². The van der Waals surface area contributed by atoms with E-state index in [-0.39, 0.29) is 34.1 Å². The van der Waals surface area contributed by atoms with Crippen LogP contribution in [0.2, 0.25) is 0 Å². The van der Waals surface area contributed by atoms with Crippen molar-refractivity contribution in [2.24, 2.45) is 0 Å². The summed E-state index contributed by atoms with van der Waals surface area (Å²) in [7, 11) is -9.33. The van der Waals surface area contributed by atoms with Crippen LogP contribution in [0.5, 0.6) is 0 Å². The quantitative estimate of drug-likeness (QED) is 0.318. The molecule has 0 bridgehead atoms. The predicted octanol–water partition coefficient (Wildman–Crippen LogP) is -1.31. The van der Waals surface area contributed by atoms with Crippen molar-refractivity contribution in [3.63, 3.8) is 0 Å². The van der Waals surface area contributed by atoms with Crippen LogP contribution in [0.1, 0.15) is 0 Å². The topological polar surface area (TPSA) is 149 Å². The Morgan fingerprint density at radius 2 is 0.583 bits per heavy atom. The monoisotopic (exact) mass is 308 g/mol. The van der Waals surface area contributed by atoms with Crippen molar-refractivity contribution in [2.75, 3.05) is 0 Å². The van der Waals surface area contributed by atoms with Gasteiger partial charge in [-0.1, -0.05) is 0 Å². The molecule has 0 saturated carbocycles. The van der Waals surface area contributed by atoms with Crippen LogP contribution < -0.4 is 0 Å². The molecule has 0 aromatic heterocycles. The second kappa shape index (κ2) is 8.38. The fourth-order valence-electron chi connectivity index (χ4n) is 0. The Kier molecular flexibility index (Phi) is 16.1. The summed E-state index contributed by atoms with van der Waals surface area (Å²) in [5.74, 6) is 0. The van der Waals surface area contributed by atoms with E-state index in [0.717, 1.165) is 0 Å². The smallest absolute Gasteiger partial charge is 0.264 e. The second-order valence-corrected chi connectivity index (χ2v) is 2.69. The van der Waals surface area contributed by atoms with Crippen molar-refractivity contribution in [2.45, 2.75) is 0 Å². The van der Waals surface area contributed by atoms with Crippen LogP contribution in [0.25, 0.3) is 0 Å². The molecule has 0 aliphatic rings. The molecule has 4 N–H and O–H groups in total. The van der Waals surface area contributed by atoms with Crippen LogP contribution in [-0.4, -0.2) is 35.0 Å². The predicted molar refractivity (Wildman–Crippen MR) is 28.4 cm³/mol. The maximum absolute atomic E-state index is 8.74. The van der Waals surface area contributed by atoms with E-state index >= 15 is 0 Å². The molecule has 0 aromatic rings. The molecule has 0 amide bonds. The average Bonchev–Trinajstić information content (AvgIpc) is 1.12. The molecule has 0 saturated heterocycles. The molecule has 0 rings (SSSR count). The summed E-state index contributed by atoms with van der Waals surface area (Å²) in [5.41, 5.74) is 0. The van der Waals surface area contributed by atoms with E-state index in [9.17, 15) is 0 Å². The van der Waals surface area contributed by atoms with Gasteiger partial charge >= 0.3 is 20.8 Å². The van der Waals surface area contributed by atoms with Crippen molar-refractivity contribution >= 4 is 20.8 Å². The van der Waals surface area contributed by atoms with Crippen molar-refractivity contribution in [1.29, 1.82) is 0 Å². The van der Waals surface area contributed by atoms with E-state index in [1.165, 1.54) is 0 Å². The first-order valence-corrected chi connectivity index (χ1v) is 4.19. The first-order valence-electron chi connectivity index (χ1n) is 1.40. The number of hydrogen-bond donors (Lipinski definition) is 4. The van der Waals surface area contributed by atoms with Gasteiger partial charge in [0.2, 0.25) is 0 Å². The van der Waals surface area contributed by atoms with Crippen molar-refractivity contribution in [3.8, 4) is 0 Å². The Hall–Kier alpha value is 0.779. The van der Waals surface area contributed by atoms with Gasteiger partial charge in [-0.05, 0) is 0 Å². The van der Waals surface area contributed by atoms with Crippen LogP contribution >= 0.6 is 0 Å². The molecule has 12 heteroatoms. The van der Waals surface area contributed by atoms with E-state index < -0.39 is 20.8 Å². The van der Waals surface area contributed by atoms with E-state index in [2.05, 4.69) is 0 Å². The third kappa shape index (κ3) is 1700. The van der Waals surface area contributed by atoms with Crippen LogP contribution in [-0.2, 0) is 54.9 Å². The molecule has 0 unspecified atom stereocenters. The maximum Gasteiger partial charge on any atom is 0.394 e. The van der Waals surface area contributed by atoms with Crippen molar-refractivity contribution in [3.05, 3.63) is 0 Å². The fourth-order valence-corrected chi connectivity index (χ4v) is 0. The second-order valence-electron chi connectivity index (χ2n) is 0.896. The normalized spacial score (nSPS) is 9.67. The van der Waals surface area contributed by atoms with Crippen LogP contribution in [0.4, 0.5) is 0 Å². The molecule has 0 atom stereocenters. The standard InChI is InChI=1S/2Fe.2H2O4S/c;;2*1-5(2,3)4/h;;2*(H2,1,2,3,4). The SMILES string of the molecule is O=S(=O)(O)O.O=S(=O)(O)O.[Fe].[Fe]. The molecule has 0 aliphatic heterocycles. The first-order chi connectivity index (χ1) is 4.00. The van der Waals surface area contributed by atoms with Crippen LogP contribution in [0.3, 0.4) is 0 Å². The molecular weight excluding hydrogens is 304 g/mol. The minimum Gasteiger partial charge on any atom is -0.264 e. The Morgan fingerprint density at radius 3 is 0.583 bits per heavy atom. The van der Waals surface area contributed by atoms with E-state index in [4.69, 9.17) is 35.0 Å². The van der Waals surface area contributed by atoms with Gasteiger partial charge in [0.1, 0.15) is 0 Å². The zero-order valence-corrected chi connectivity index (χ0v) is 8.79. The van der Waals surface area contributed by atoms with Gasteiger partial charge < -0.3 is 0 Å². The minimum absolute atomic E-state index is 0. The third-order valence-corrected chi connectivity index (χ3v) is 0. The largest absolute Gasteiger partial charge is 0.394 e. The summed E-state index contributed by atoms with van der Waals surface area (Å²) in [6, 6.07) is 0. The van der Waals surface area contributed by atoms with Gasteiger partial charge in [0.05, 0.1) is 0 Å². The summed E-state index contributed by atoms with van der Waals surface area (Å²) >= 11 is 0. The van der Waals surface area contributed by atoms with Gasteiger partial charge in [-0.25, -0.2) is 0 Å². The summed E-state index contributed by atoms with van der Waals surface area (Å²) < 4.78 is 63.2. The van der Waals surface area contributed by atoms with Gasteiger partial charge in [-0.15, -0.1) is 0 Å². The maximum atomic E-state index is 8.74. The molecule has 0 aromatic carbocycles. The zero-order valence-electron chi connectivity index (χ0n) is 4.95. The van der Waals surface area contributed by atoms with E-state index in [0.29, 0.717) is 0 Å².